The van der Waals surface area contributed by atoms with Gasteiger partial charge in [-0.15, -0.1) is 0 Å². The fourth-order valence-corrected chi connectivity index (χ4v) is 2.07. The molecule has 0 spiro atoms. The van der Waals surface area contributed by atoms with Crippen molar-refractivity contribution in [2.75, 3.05) is 24.6 Å². The number of aromatic nitrogens is 2. The van der Waals surface area contributed by atoms with Crippen LogP contribution in [0.4, 0.5) is 5.69 Å². The third kappa shape index (κ3) is 2.16. The highest BCUT2D eigenvalue weighted by Crippen LogP contribution is 2.19. The van der Waals surface area contributed by atoms with Gasteiger partial charge in [0.05, 0.1) is 0 Å². The van der Waals surface area contributed by atoms with E-state index < -0.39 is 5.69 Å². The molecule has 0 unspecified atom stereocenters. The molecule has 2 rings (SSSR count). The van der Waals surface area contributed by atoms with E-state index >= 15 is 0 Å². The number of hydrogen-bond donors (Lipinski definition) is 3. The van der Waals surface area contributed by atoms with E-state index in [0.29, 0.717) is 12.2 Å². The first-order chi connectivity index (χ1) is 7.70. The number of H-pyrrole nitrogens is 2. The topological polar surface area (TPSA) is 89.2 Å². The maximum absolute atomic E-state index is 11.6. The summed E-state index contributed by atoms with van der Waals surface area (Å²) in [5.74, 6) is 0.208. The van der Waals surface area contributed by atoms with Crippen LogP contribution in [0.25, 0.3) is 0 Å². The number of rotatable bonds is 2. The SMILES string of the molecule is O=c1[nH]cc(N2CCC[C@@H](CO)C2)c(=O)[nH]1. The molecule has 16 heavy (non-hydrogen) atoms. The Bertz CT molecular complexity index is 465. The molecule has 6 nitrogen and oxygen atoms in total. The minimum absolute atomic E-state index is 0.137. The predicted octanol–water partition coefficient (Wildman–Crippen LogP) is -0.728. The van der Waals surface area contributed by atoms with Crippen molar-refractivity contribution in [2.45, 2.75) is 12.8 Å². The maximum Gasteiger partial charge on any atom is 0.325 e. The number of aliphatic hydroxyl groups excluding tert-OH is 1. The molecular formula is C10H15N3O3. The molecule has 3 N–H and O–H groups in total. The first kappa shape index (κ1) is 10.9. The van der Waals surface area contributed by atoms with Crippen LogP contribution in [0, 0.1) is 5.92 Å². The zero-order valence-corrected chi connectivity index (χ0v) is 8.90. The summed E-state index contributed by atoms with van der Waals surface area (Å²) in [5, 5.41) is 9.10. The molecule has 0 radical (unpaired) electrons. The minimum Gasteiger partial charge on any atom is -0.396 e. The third-order valence-electron chi connectivity index (χ3n) is 2.92. The largest absolute Gasteiger partial charge is 0.396 e. The van der Waals surface area contributed by atoms with Crippen LogP contribution >= 0.6 is 0 Å². The van der Waals surface area contributed by atoms with Crippen molar-refractivity contribution < 1.29 is 5.11 Å². The molecule has 1 aliphatic heterocycles. The van der Waals surface area contributed by atoms with E-state index in [1.165, 1.54) is 6.20 Å². The monoisotopic (exact) mass is 225 g/mol. The Morgan fingerprint density at radius 1 is 1.50 bits per heavy atom. The maximum atomic E-state index is 11.6. The van der Waals surface area contributed by atoms with Gasteiger partial charge in [0.15, 0.2) is 0 Å². The van der Waals surface area contributed by atoms with Gasteiger partial charge >= 0.3 is 5.69 Å². The number of piperidine rings is 1. The van der Waals surface area contributed by atoms with Gasteiger partial charge in [-0.2, -0.15) is 0 Å². The van der Waals surface area contributed by atoms with Crippen LogP contribution in [0.3, 0.4) is 0 Å². The van der Waals surface area contributed by atoms with Crippen LogP contribution in [0.5, 0.6) is 0 Å². The normalized spacial score (nSPS) is 21.1. The van der Waals surface area contributed by atoms with Gasteiger partial charge in [0.2, 0.25) is 0 Å². The van der Waals surface area contributed by atoms with E-state index in [-0.39, 0.29) is 18.1 Å². The quantitative estimate of drug-likeness (QED) is 0.619. The molecule has 0 bridgehead atoms. The summed E-state index contributed by atoms with van der Waals surface area (Å²) < 4.78 is 0. The van der Waals surface area contributed by atoms with Crippen LogP contribution in [-0.4, -0.2) is 34.8 Å². The number of aliphatic hydroxyl groups is 1. The Balaban J connectivity index is 2.23. The molecule has 0 aromatic carbocycles. The molecule has 88 valence electrons. The molecule has 0 saturated carbocycles. The average molecular weight is 225 g/mol. The Hall–Kier alpha value is -1.56. The Morgan fingerprint density at radius 2 is 2.31 bits per heavy atom. The minimum atomic E-state index is -0.496. The second-order valence-corrected chi connectivity index (χ2v) is 4.09. The van der Waals surface area contributed by atoms with E-state index in [9.17, 15) is 9.59 Å². The summed E-state index contributed by atoms with van der Waals surface area (Å²) in [5.41, 5.74) is -0.399. The molecule has 1 fully saturated rings. The molecule has 0 aliphatic carbocycles. The van der Waals surface area contributed by atoms with Gasteiger partial charge < -0.3 is 15.0 Å². The molecular weight excluding hydrogens is 210 g/mol. The molecule has 2 heterocycles. The highest BCUT2D eigenvalue weighted by Gasteiger charge is 2.21. The van der Waals surface area contributed by atoms with E-state index in [1.54, 1.807) is 0 Å². The summed E-state index contributed by atoms with van der Waals surface area (Å²) in [7, 11) is 0. The standard InChI is InChI=1S/C10H15N3O3/c14-6-7-2-1-3-13(5-7)8-4-11-10(16)12-9(8)15/h4,7,14H,1-3,5-6H2,(H2,11,12,15,16)/t7-/m1/s1. The zero-order chi connectivity index (χ0) is 11.5. The van der Waals surface area contributed by atoms with Crippen molar-refractivity contribution in [1.29, 1.82) is 0 Å². The van der Waals surface area contributed by atoms with Crippen molar-refractivity contribution in [3.05, 3.63) is 27.0 Å². The number of anilines is 1. The van der Waals surface area contributed by atoms with Gasteiger partial charge in [-0.05, 0) is 18.8 Å². The van der Waals surface area contributed by atoms with Crippen LogP contribution in [0.1, 0.15) is 12.8 Å². The molecule has 1 aromatic rings. The zero-order valence-electron chi connectivity index (χ0n) is 8.90. The predicted molar refractivity (Wildman–Crippen MR) is 59.7 cm³/mol. The number of nitrogens with zero attached hydrogens (tertiary/aromatic N) is 1. The molecule has 6 heteroatoms. The lowest BCUT2D eigenvalue weighted by molar-refractivity contribution is 0.208. The lowest BCUT2D eigenvalue weighted by atomic mass is 9.99. The lowest BCUT2D eigenvalue weighted by Crippen LogP contribution is -2.40. The summed E-state index contributed by atoms with van der Waals surface area (Å²) >= 11 is 0. The van der Waals surface area contributed by atoms with Crippen molar-refractivity contribution in [1.82, 2.24) is 9.97 Å². The van der Waals surface area contributed by atoms with E-state index in [4.69, 9.17) is 5.11 Å². The molecule has 0 amide bonds. The number of nitrogens with one attached hydrogen (secondary N) is 2. The second kappa shape index (κ2) is 4.52. The fourth-order valence-electron chi connectivity index (χ4n) is 2.07. The molecule has 1 aromatic heterocycles. The Morgan fingerprint density at radius 3 is 3.00 bits per heavy atom. The van der Waals surface area contributed by atoms with Gasteiger partial charge in [-0.3, -0.25) is 9.78 Å². The van der Waals surface area contributed by atoms with Crippen molar-refractivity contribution in [3.63, 3.8) is 0 Å². The average Bonchev–Trinajstić information content (AvgIpc) is 2.29. The first-order valence-corrected chi connectivity index (χ1v) is 5.38. The second-order valence-electron chi connectivity index (χ2n) is 4.09. The van der Waals surface area contributed by atoms with Gasteiger partial charge in [0.25, 0.3) is 5.56 Å². The summed E-state index contributed by atoms with van der Waals surface area (Å²) in [6.45, 7) is 1.58. The third-order valence-corrected chi connectivity index (χ3v) is 2.92. The van der Waals surface area contributed by atoms with Gasteiger partial charge in [0.1, 0.15) is 5.69 Å². The number of hydrogen-bond acceptors (Lipinski definition) is 4. The Kier molecular flexibility index (Phi) is 3.09. The fraction of sp³-hybridized carbons (Fsp3) is 0.600. The van der Waals surface area contributed by atoms with Crippen LogP contribution in [-0.2, 0) is 0 Å². The van der Waals surface area contributed by atoms with Crippen molar-refractivity contribution in [3.8, 4) is 0 Å². The van der Waals surface area contributed by atoms with Crippen molar-refractivity contribution in [2.24, 2.45) is 5.92 Å². The van der Waals surface area contributed by atoms with Crippen LogP contribution in [0.2, 0.25) is 0 Å². The van der Waals surface area contributed by atoms with Gasteiger partial charge in [-0.1, -0.05) is 0 Å². The highest BCUT2D eigenvalue weighted by molar-refractivity contribution is 5.41. The molecule has 1 atom stereocenters. The van der Waals surface area contributed by atoms with Crippen LogP contribution in [0.15, 0.2) is 15.8 Å². The van der Waals surface area contributed by atoms with E-state index in [1.807, 2.05) is 4.90 Å². The molecule has 1 aliphatic rings. The summed E-state index contributed by atoms with van der Waals surface area (Å²) in [4.78, 5) is 29.0. The molecule has 1 saturated heterocycles. The Labute approximate surface area is 91.9 Å². The van der Waals surface area contributed by atoms with E-state index in [2.05, 4.69) is 9.97 Å². The highest BCUT2D eigenvalue weighted by atomic mass is 16.3. The van der Waals surface area contributed by atoms with Crippen molar-refractivity contribution >= 4 is 5.69 Å². The number of aromatic amines is 2. The van der Waals surface area contributed by atoms with Gasteiger partial charge in [-0.25, -0.2) is 4.79 Å². The van der Waals surface area contributed by atoms with Gasteiger partial charge in [0, 0.05) is 25.9 Å². The summed E-state index contributed by atoms with van der Waals surface area (Å²) in [6, 6.07) is 0. The lowest BCUT2D eigenvalue weighted by Gasteiger charge is -2.32. The van der Waals surface area contributed by atoms with Crippen LogP contribution < -0.4 is 16.1 Å². The first-order valence-electron chi connectivity index (χ1n) is 5.38. The van der Waals surface area contributed by atoms with E-state index in [0.717, 1.165) is 19.4 Å². The summed E-state index contributed by atoms with van der Waals surface area (Å²) in [6.07, 6.45) is 3.36. The smallest absolute Gasteiger partial charge is 0.325 e.